The summed E-state index contributed by atoms with van der Waals surface area (Å²) in [6.45, 7) is 2.28. The molecule has 3 rings (SSSR count). The van der Waals surface area contributed by atoms with Crippen molar-refractivity contribution in [2.75, 3.05) is 5.73 Å². The van der Waals surface area contributed by atoms with Crippen LogP contribution in [0.5, 0.6) is 0 Å². The highest BCUT2D eigenvalue weighted by Gasteiger charge is 2.07. The van der Waals surface area contributed by atoms with E-state index in [-0.39, 0.29) is 0 Å². The number of hydrogen-bond donors (Lipinski definition) is 1. The molecule has 25 heavy (non-hydrogen) atoms. The van der Waals surface area contributed by atoms with E-state index in [0.717, 1.165) is 12.1 Å². The van der Waals surface area contributed by atoms with E-state index in [2.05, 4.69) is 55.5 Å². The highest BCUT2D eigenvalue weighted by Crippen LogP contribution is 2.30. The van der Waals surface area contributed by atoms with Gasteiger partial charge in [-0.25, -0.2) is 0 Å². The maximum Gasteiger partial charge on any atom is 0.0353 e. The van der Waals surface area contributed by atoms with E-state index in [9.17, 15) is 0 Å². The van der Waals surface area contributed by atoms with E-state index in [0.29, 0.717) is 0 Å². The van der Waals surface area contributed by atoms with Gasteiger partial charge in [-0.15, -0.1) is 0 Å². The number of aryl methyl sites for hydroxylation is 1. The molecule has 0 spiro atoms. The summed E-state index contributed by atoms with van der Waals surface area (Å²) in [5.41, 5.74) is 8.62. The molecule has 0 aliphatic rings. The molecule has 3 aromatic carbocycles. The summed E-state index contributed by atoms with van der Waals surface area (Å²) in [6.07, 6.45) is 11.9. The van der Waals surface area contributed by atoms with Gasteiger partial charge in [0.1, 0.15) is 0 Å². The van der Waals surface area contributed by atoms with Crippen LogP contribution in [0.25, 0.3) is 21.5 Å². The third-order valence-electron chi connectivity index (χ3n) is 5.31. The lowest BCUT2D eigenvalue weighted by molar-refractivity contribution is 0.576. The lowest BCUT2D eigenvalue weighted by atomic mass is 9.95. The van der Waals surface area contributed by atoms with Gasteiger partial charge in [-0.3, -0.25) is 0 Å². The summed E-state index contributed by atoms with van der Waals surface area (Å²) >= 11 is 0. The Morgan fingerprint density at radius 3 is 2.04 bits per heavy atom. The van der Waals surface area contributed by atoms with Crippen LogP contribution in [0, 0.1) is 0 Å². The third-order valence-corrected chi connectivity index (χ3v) is 5.31. The van der Waals surface area contributed by atoms with Crippen molar-refractivity contribution in [1.82, 2.24) is 0 Å². The topological polar surface area (TPSA) is 26.0 Å². The first-order valence-corrected chi connectivity index (χ1v) is 9.99. The number of unbranched alkanes of at least 4 members (excludes halogenated alkanes) is 7. The molecule has 0 saturated heterocycles. The van der Waals surface area contributed by atoms with Crippen LogP contribution in [0.3, 0.4) is 0 Å². The van der Waals surface area contributed by atoms with Crippen molar-refractivity contribution >= 4 is 27.2 Å². The molecule has 0 unspecified atom stereocenters. The van der Waals surface area contributed by atoms with Gasteiger partial charge >= 0.3 is 0 Å². The summed E-state index contributed by atoms with van der Waals surface area (Å²) in [5.74, 6) is 0. The Hall–Kier alpha value is -2.02. The zero-order chi connectivity index (χ0) is 17.5. The standard InChI is InChI=1S/C24H31N/c1-2-3-4-5-6-7-8-9-14-22-23-18-20-13-11-10-12-19(20)17-21(23)15-16-24(22)25/h10-13,15-18H,2-9,14,25H2,1H3. The van der Waals surface area contributed by atoms with Crippen LogP contribution in [0.1, 0.15) is 63.9 Å². The van der Waals surface area contributed by atoms with Gasteiger partial charge in [0.25, 0.3) is 0 Å². The highest BCUT2D eigenvalue weighted by atomic mass is 14.6. The Bertz CT molecular complexity index is 819. The molecule has 0 fully saturated rings. The molecule has 0 atom stereocenters. The summed E-state index contributed by atoms with van der Waals surface area (Å²) in [6, 6.07) is 17.4. The fourth-order valence-electron chi connectivity index (χ4n) is 3.81. The average molecular weight is 334 g/mol. The molecule has 0 aliphatic heterocycles. The number of anilines is 1. The molecule has 132 valence electrons. The molecular weight excluding hydrogens is 302 g/mol. The lowest BCUT2D eigenvalue weighted by Gasteiger charge is -2.12. The minimum absolute atomic E-state index is 0.950. The molecule has 1 nitrogen and oxygen atoms in total. The number of benzene rings is 3. The number of rotatable bonds is 9. The molecule has 0 saturated carbocycles. The van der Waals surface area contributed by atoms with E-state index in [1.165, 1.54) is 78.5 Å². The zero-order valence-electron chi connectivity index (χ0n) is 15.6. The van der Waals surface area contributed by atoms with Gasteiger partial charge in [-0.2, -0.15) is 0 Å². The summed E-state index contributed by atoms with van der Waals surface area (Å²) in [7, 11) is 0. The van der Waals surface area contributed by atoms with Crippen molar-refractivity contribution in [3.05, 3.63) is 54.1 Å². The minimum atomic E-state index is 0.950. The van der Waals surface area contributed by atoms with Crippen LogP contribution in [-0.4, -0.2) is 0 Å². The van der Waals surface area contributed by atoms with Crippen molar-refractivity contribution in [2.24, 2.45) is 0 Å². The van der Waals surface area contributed by atoms with Crippen molar-refractivity contribution < 1.29 is 0 Å². The monoisotopic (exact) mass is 333 g/mol. The van der Waals surface area contributed by atoms with E-state index in [1.807, 2.05) is 0 Å². The number of hydrogen-bond acceptors (Lipinski definition) is 1. The molecule has 3 aromatic rings. The van der Waals surface area contributed by atoms with Gasteiger partial charge in [0.2, 0.25) is 0 Å². The maximum absolute atomic E-state index is 6.33. The highest BCUT2D eigenvalue weighted by molar-refractivity contribution is 6.01. The minimum Gasteiger partial charge on any atom is -0.398 e. The molecule has 2 N–H and O–H groups in total. The van der Waals surface area contributed by atoms with Crippen molar-refractivity contribution in [3.8, 4) is 0 Å². The van der Waals surface area contributed by atoms with Crippen LogP contribution < -0.4 is 5.73 Å². The van der Waals surface area contributed by atoms with Crippen LogP contribution >= 0.6 is 0 Å². The largest absolute Gasteiger partial charge is 0.398 e. The molecular formula is C24H31N. The molecule has 0 heterocycles. The van der Waals surface area contributed by atoms with Gasteiger partial charge in [0, 0.05) is 5.69 Å². The molecule has 0 aliphatic carbocycles. The lowest BCUT2D eigenvalue weighted by Crippen LogP contribution is -1.96. The molecule has 0 bridgehead atoms. The molecule has 0 amide bonds. The van der Waals surface area contributed by atoms with Crippen LogP contribution in [-0.2, 0) is 6.42 Å². The second-order valence-electron chi connectivity index (χ2n) is 7.28. The fourth-order valence-corrected chi connectivity index (χ4v) is 3.81. The Balaban J connectivity index is 1.66. The first-order chi connectivity index (χ1) is 12.3. The Kier molecular flexibility index (Phi) is 6.33. The first kappa shape index (κ1) is 17.8. The smallest absolute Gasteiger partial charge is 0.0353 e. The third kappa shape index (κ3) is 4.54. The summed E-state index contributed by atoms with van der Waals surface area (Å²) in [4.78, 5) is 0. The zero-order valence-corrected chi connectivity index (χ0v) is 15.6. The quantitative estimate of drug-likeness (QED) is 0.249. The second-order valence-corrected chi connectivity index (χ2v) is 7.28. The van der Waals surface area contributed by atoms with Gasteiger partial charge in [-0.1, -0.05) is 82.2 Å². The maximum atomic E-state index is 6.33. The molecule has 1 heteroatoms. The molecule has 0 radical (unpaired) electrons. The fraction of sp³-hybridized carbons (Fsp3) is 0.417. The SMILES string of the molecule is CCCCCCCCCCc1c(N)ccc2cc3ccccc3cc12. The Morgan fingerprint density at radius 2 is 1.32 bits per heavy atom. The van der Waals surface area contributed by atoms with Gasteiger partial charge in [0.15, 0.2) is 0 Å². The van der Waals surface area contributed by atoms with E-state index >= 15 is 0 Å². The van der Waals surface area contributed by atoms with Gasteiger partial charge < -0.3 is 5.73 Å². The van der Waals surface area contributed by atoms with Crippen LogP contribution in [0.15, 0.2) is 48.5 Å². The molecule has 0 aromatic heterocycles. The first-order valence-electron chi connectivity index (χ1n) is 9.99. The van der Waals surface area contributed by atoms with Crippen LogP contribution in [0.4, 0.5) is 5.69 Å². The Labute approximate surface area is 152 Å². The van der Waals surface area contributed by atoms with Gasteiger partial charge in [-0.05, 0) is 58.1 Å². The van der Waals surface area contributed by atoms with Crippen LogP contribution in [0.2, 0.25) is 0 Å². The normalized spacial score (nSPS) is 11.4. The van der Waals surface area contributed by atoms with Gasteiger partial charge in [0.05, 0.1) is 0 Å². The number of nitrogen functional groups attached to an aromatic ring is 1. The Morgan fingerprint density at radius 1 is 0.680 bits per heavy atom. The van der Waals surface area contributed by atoms with E-state index in [1.54, 1.807) is 0 Å². The second kappa shape index (κ2) is 8.89. The van der Waals surface area contributed by atoms with Crippen molar-refractivity contribution in [2.45, 2.75) is 64.7 Å². The number of nitrogens with two attached hydrogens (primary N) is 1. The summed E-state index contributed by atoms with van der Waals surface area (Å²) < 4.78 is 0. The summed E-state index contributed by atoms with van der Waals surface area (Å²) in [5, 5.41) is 5.25. The number of fused-ring (bicyclic) bond motifs is 2. The van der Waals surface area contributed by atoms with E-state index < -0.39 is 0 Å². The van der Waals surface area contributed by atoms with Crippen molar-refractivity contribution in [1.29, 1.82) is 0 Å². The van der Waals surface area contributed by atoms with Crippen molar-refractivity contribution in [3.63, 3.8) is 0 Å². The predicted molar refractivity (Wildman–Crippen MR) is 112 cm³/mol. The average Bonchev–Trinajstić information content (AvgIpc) is 2.64. The van der Waals surface area contributed by atoms with E-state index in [4.69, 9.17) is 5.73 Å². The predicted octanol–water partition coefficient (Wildman–Crippen LogP) is 7.26.